The Kier molecular flexibility index (Phi) is 6.52. The third-order valence-corrected chi connectivity index (χ3v) is 4.24. The fraction of sp³-hybridized carbons (Fsp3) is 0.136. The molecule has 3 aromatic rings. The Labute approximate surface area is 167 Å². The summed E-state index contributed by atoms with van der Waals surface area (Å²) >= 11 is 0. The van der Waals surface area contributed by atoms with Crippen LogP contribution in [0.5, 0.6) is 0 Å². The molecule has 2 aromatic carbocycles. The number of hydrogen-bond acceptors (Lipinski definition) is 5. The van der Waals surface area contributed by atoms with E-state index in [4.69, 9.17) is 0 Å². The number of halogens is 1. The highest BCUT2D eigenvalue weighted by Crippen LogP contribution is 2.13. The first-order valence-corrected chi connectivity index (χ1v) is 9.00. The Balaban J connectivity index is 1.53. The van der Waals surface area contributed by atoms with E-state index in [-0.39, 0.29) is 17.4 Å². The van der Waals surface area contributed by atoms with Crippen LogP contribution in [0.15, 0.2) is 66.9 Å². The van der Waals surface area contributed by atoms with Crippen LogP contribution in [0.4, 0.5) is 15.8 Å². The summed E-state index contributed by atoms with van der Waals surface area (Å²) in [4.78, 5) is 27.9. The molecule has 0 aliphatic heterocycles. The maximum atomic E-state index is 13.6. The lowest BCUT2D eigenvalue weighted by molar-refractivity contribution is 0.0600. The second-order valence-corrected chi connectivity index (χ2v) is 6.22. The van der Waals surface area contributed by atoms with E-state index < -0.39 is 5.97 Å². The second-order valence-electron chi connectivity index (χ2n) is 6.22. The molecule has 3 rings (SSSR count). The van der Waals surface area contributed by atoms with Crippen LogP contribution in [0.1, 0.15) is 26.4 Å². The van der Waals surface area contributed by atoms with E-state index in [9.17, 15) is 14.0 Å². The highest BCUT2D eigenvalue weighted by atomic mass is 19.1. The molecule has 0 saturated heterocycles. The highest BCUT2D eigenvalue weighted by Gasteiger charge is 2.09. The van der Waals surface area contributed by atoms with Crippen molar-refractivity contribution in [2.24, 2.45) is 0 Å². The summed E-state index contributed by atoms with van der Waals surface area (Å²) in [5.41, 5.74) is 2.56. The molecule has 6 nitrogen and oxygen atoms in total. The Morgan fingerprint density at radius 2 is 1.72 bits per heavy atom. The van der Waals surface area contributed by atoms with Crippen molar-refractivity contribution in [1.29, 1.82) is 0 Å². The minimum Gasteiger partial charge on any atom is -0.465 e. The number of anilines is 2. The van der Waals surface area contributed by atoms with Crippen LogP contribution >= 0.6 is 0 Å². The van der Waals surface area contributed by atoms with Crippen LogP contribution in [-0.2, 0) is 11.2 Å². The molecule has 148 valence electrons. The van der Waals surface area contributed by atoms with Crippen molar-refractivity contribution in [3.63, 3.8) is 0 Å². The maximum Gasteiger partial charge on any atom is 0.337 e. The van der Waals surface area contributed by atoms with Gasteiger partial charge in [0.05, 0.1) is 24.6 Å². The van der Waals surface area contributed by atoms with Gasteiger partial charge in [-0.05, 0) is 54.4 Å². The standard InChI is InChI=1S/C22H20FN3O3/c1-29-22(28)16-6-8-17(9-7-16)26-21(27)20-11-10-18(14-25-20)24-13-12-15-4-2-3-5-19(15)23/h2-11,14,24H,12-13H2,1H3,(H,26,27). The zero-order valence-electron chi connectivity index (χ0n) is 15.8. The lowest BCUT2D eigenvalue weighted by atomic mass is 10.1. The van der Waals surface area contributed by atoms with Crippen molar-refractivity contribution in [1.82, 2.24) is 4.98 Å². The van der Waals surface area contributed by atoms with Crippen molar-refractivity contribution < 1.29 is 18.7 Å². The molecule has 0 unspecified atom stereocenters. The topological polar surface area (TPSA) is 80.3 Å². The molecule has 0 fully saturated rings. The third kappa shape index (κ3) is 5.38. The molecule has 0 saturated carbocycles. The van der Waals surface area contributed by atoms with Gasteiger partial charge >= 0.3 is 5.97 Å². The van der Waals surface area contributed by atoms with Gasteiger partial charge in [0.25, 0.3) is 5.91 Å². The fourth-order valence-electron chi connectivity index (χ4n) is 2.68. The molecular weight excluding hydrogens is 373 g/mol. The predicted octanol–water partition coefficient (Wildman–Crippen LogP) is 3.91. The zero-order valence-corrected chi connectivity index (χ0v) is 15.8. The predicted molar refractivity (Wildman–Crippen MR) is 109 cm³/mol. The van der Waals surface area contributed by atoms with Gasteiger partial charge in [-0.25, -0.2) is 14.2 Å². The van der Waals surface area contributed by atoms with Gasteiger partial charge in [-0.15, -0.1) is 0 Å². The number of nitrogens with zero attached hydrogens (tertiary/aromatic N) is 1. The summed E-state index contributed by atoms with van der Waals surface area (Å²) in [6, 6.07) is 16.4. The number of carbonyl (C=O) groups is 2. The van der Waals surface area contributed by atoms with Gasteiger partial charge < -0.3 is 15.4 Å². The second kappa shape index (κ2) is 9.45. The number of nitrogens with one attached hydrogen (secondary N) is 2. The van der Waals surface area contributed by atoms with Crippen LogP contribution in [0.25, 0.3) is 0 Å². The number of esters is 1. The van der Waals surface area contributed by atoms with Gasteiger partial charge in [0.15, 0.2) is 0 Å². The monoisotopic (exact) mass is 393 g/mol. The SMILES string of the molecule is COC(=O)c1ccc(NC(=O)c2ccc(NCCc3ccccc3F)cn2)cc1. The first kappa shape index (κ1) is 20.0. The van der Waals surface area contributed by atoms with E-state index in [1.54, 1.807) is 60.8 Å². The summed E-state index contributed by atoms with van der Waals surface area (Å²) in [5.74, 6) is -1.03. The van der Waals surface area contributed by atoms with E-state index in [1.165, 1.54) is 13.2 Å². The molecule has 1 heterocycles. The number of amides is 1. The van der Waals surface area contributed by atoms with Gasteiger partial charge in [-0.3, -0.25) is 4.79 Å². The fourth-order valence-corrected chi connectivity index (χ4v) is 2.68. The van der Waals surface area contributed by atoms with Crippen molar-refractivity contribution in [2.75, 3.05) is 24.3 Å². The first-order chi connectivity index (χ1) is 14.1. The molecule has 0 aliphatic carbocycles. The van der Waals surface area contributed by atoms with Gasteiger partial charge in [0.2, 0.25) is 0 Å². The zero-order chi connectivity index (χ0) is 20.6. The molecule has 0 radical (unpaired) electrons. The van der Waals surface area contributed by atoms with Gasteiger partial charge in [-0.2, -0.15) is 0 Å². The van der Waals surface area contributed by atoms with Gasteiger partial charge in [0.1, 0.15) is 11.5 Å². The molecule has 0 bridgehead atoms. The Morgan fingerprint density at radius 1 is 1.00 bits per heavy atom. The lowest BCUT2D eigenvalue weighted by Crippen LogP contribution is -2.14. The number of pyridine rings is 1. The molecule has 1 aromatic heterocycles. The normalized spacial score (nSPS) is 10.3. The minimum atomic E-state index is -0.442. The Hall–Kier alpha value is -3.74. The van der Waals surface area contributed by atoms with Crippen molar-refractivity contribution in [3.05, 3.63) is 89.5 Å². The van der Waals surface area contributed by atoms with E-state index in [1.807, 2.05) is 0 Å². The number of hydrogen-bond donors (Lipinski definition) is 2. The number of ether oxygens (including phenoxy) is 1. The van der Waals surface area contributed by atoms with Gasteiger partial charge in [-0.1, -0.05) is 18.2 Å². The molecule has 1 amide bonds. The number of benzene rings is 2. The molecule has 0 spiro atoms. The average Bonchev–Trinajstić information content (AvgIpc) is 2.75. The lowest BCUT2D eigenvalue weighted by Gasteiger charge is -2.08. The third-order valence-electron chi connectivity index (χ3n) is 4.24. The molecular formula is C22H20FN3O3. The largest absolute Gasteiger partial charge is 0.465 e. The summed E-state index contributed by atoms with van der Waals surface area (Å²) in [7, 11) is 1.31. The van der Waals surface area contributed by atoms with Crippen molar-refractivity contribution in [3.8, 4) is 0 Å². The van der Waals surface area contributed by atoms with E-state index >= 15 is 0 Å². The first-order valence-electron chi connectivity index (χ1n) is 9.00. The van der Waals surface area contributed by atoms with E-state index in [0.717, 1.165) is 5.69 Å². The molecule has 0 atom stereocenters. The number of carbonyl (C=O) groups excluding carboxylic acids is 2. The summed E-state index contributed by atoms with van der Waals surface area (Å²) in [6.07, 6.45) is 2.09. The smallest absolute Gasteiger partial charge is 0.337 e. The average molecular weight is 393 g/mol. The van der Waals surface area contributed by atoms with E-state index in [2.05, 4.69) is 20.4 Å². The summed E-state index contributed by atoms with van der Waals surface area (Å²) in [5, 5.41) is 5.87. The number of rotatable bonds is 7. The van der Waals surface area contributed by atoms with Crippen molar-refractivity contribution in [2.45, 2.75) is 6.42 Å². The summed E-state index contributed by atoms with van der Waals surface area (Å²) in [6.45, 7) is 0.542. The highest BCUT2D eigenvalue weighted by molar-refractivity contribution is 6.03. The summed E-state index contributed by atoms with van der Waals surface area (Å²) < 4.78 is 18.2. The Morgan fingerprint density at radius 3 is 2.38 bits per heavy atom. The molecule has 7 heteroatoms. The van der Waals surface area contributed by atoms with Crippen molar-refractivity contribution >= 4 is 23.3 Å². The van der Waals surface area contributed by atoms with Crippen LogP contribution in [0.3, 0.4) is 0 Å². The molecule has 0 aliphatic rings. The van der Waals surface area contributed by atoms with Crippen LogP contribution < -0.4 is 10.6 Å². The van der Waals surface area contributed by atoms with Crippen LogP contribution in [0.2, 0.25) is 0 Å². The molecule has 29 heavy (non-hydrogen) atoms. The Bertz CT molecular complexity index is 989. The number of aromatic nitrogens is 1. The van der Waals surface area contributed by atoms with Crippen LogP contribution in [-0.4, -0.2) is 30.5 Å². The van der Waals surface area contributed by atoms with Gasteiger partial charge in [0, 0.05) is 12.2 Å². The van der Waals surface area contributed by atoms with E-state index in [0.29, 0.717) is 29.8 Å². The number of methoxy groups -OCH3 is 1. The maximum absolute atomic E-state index is 13.6. The minimum absolute atomic E-state index is 0.223. The quantitative estimate of drug-likeness (QED) is 0.595. The molecule has 2 N–H and O–H groups in total. The van der Waals surface area contributed by atoms with Crippen LogP contribution in [0, 0.1) is 5.82 Å².